The van der Waals surface area contributed by atoms with Gasteiger partial charge in [0.25, 0.3) is 0 Å². The molecule has 3 nitrogen and oxygen atoms in total. The van der Waals surface area contributed by atoms with E-state index in [-0.39, 0.29) is 18.2 Å². The number of rotatable bonds is 1. The monoisotopic (exact) mass is 145 g/mol. The highest BCUT2D eigenvalue weighted by molar-refractivity contribution is 4.79. The number of aliphatic hydroxyl groups is 1. The number of aliphatic hydroxyl groups excluding tert-OH is 1. The van der Waals surface area contributed by atoms with Crippen LogP contribution in [0.4, 0.5) is 0 Å². The zero-order valence-electron chi connectivity index (χ0n) is 6.29. The van der Waals surface area contributed by atoms with Crippen LogP contribution in [0, 0.1) is 0 Å². The Labute approximate surface area is 61.2 Å². The van der Waals surface area contributed by atoms with Gasteiger partial charge in [-0.1, -0.05) is 6.92 Å². The van der Waals surface area contributed by atoms with Crippen LogP contribution in [-0.2, 0) is 4.74 Å². The van der Waals surface area contributed by atoms with Crippen LogP contribution in [0.15, 0.2) is 0 Å². The fourth-order valence-electron chi connectivity index (χ4n) is 1.15. The second-order valence-corrected chi connectivity index (χ2v) is 2.83. The van der Waals surface area contributed by atoms with Crippen molar-refractivity contribution in [3.8, 4) is 0 Å². The molecule has 0 spiro atoms. The molecule has 0 bridgehead atoms. The standard InChI is InChI=1S/C7H15NO2/c1-2-5-3-7(9)6(8)4-10-5/h5-7,9H,2-4,8H2,1H3/t5-,6-,7-/m0/s1. The Kier molecular flexibility index (Phi) is 2.65. The van der Waals surface area contributed by atoms with E-state index in [0.29, 0.717) is 13.0 Å². The van der Waals surface area contributed by atoms with E-state index in [0.717, 1.165) is 6.42 Å². The summed E-state index contributed by atoms with van der Waals surface area (Å²) in [5.74, 6) is 0. The van der Waals surface area contributed by atoms with Crippen LogP contribution in [0.1, 0.15) is 19.8 Å². The summed E-state index contributed by atoms with van der Waals surface area (Å²) in [4.78, 5) is 0. The quantitative estimate of drug-likeness (QED) is 0.540. The Morgan fingerprint density at radius 1 is 1.70 bits per heavy atom. The van der Waals surface area contributed by atoms with Crippen molar-refractivity contribution < 1.29 is 9.84 Å². The number of ether oxygens (including phenoxy) is 1. The summed E-state index contributed by atoms with van der Waals surface area (Å²) in [7, 11) is 0. The number of nitrogens with two attached hydrogens (primary N) is 1. The average Bonchev–Trinajstić information content (AvgIpc) is 1.95. The molecule has 3 N–H and O–H groups in total. The first-order valence-corrected chi connectivity index (χ1v) is 3.79. The molecular weight excluding hydrogens is 130 g/mol. The van der Waals surface area contributed by atoms with Gasteiger partial charge in [-0.15, -0.1) is 0 Å². The molecule has 0 radical (unpaired) electrons. The van der Waals surface area contributed by atoms with Crippen LogP contribution in [0.3, 0.4) is 0 Å². The van der Waals surface area contributed by atoms with E-state index < -0.39 is 0 Å². The predicted molar refractivity (Wildman–Crippen MR) is 38.6 cm³/mol. The summed E-state index contributed by atoms with van der Waals surface area (Å²) >= 11 is 0. The lowest BCUT2D eigenvalue weighted by Crippen LogP contribution is -2.46. The lowest BCUT2D eigenvalue weighted by molar-refractivity contribution is -0.0573. The highest BCUT2D eigenvalue weighted by atomic mass is 16.5. The summed E-state index contributed by atoms with van der Waals surface area (Å²) in [6.45, 7) is 2.55. The summed E-state index contributed by atoms with van der Waals surface area (Å²) in [5.41, 5.74) is 5.52. The van der Waals surface area contributed by atoms with Gasteiger partial charge in [0, 0.05) is 6.42 Å². The smallest absolute Gasteiger partial charge is 0.0738 e. The molecule has 3 atom stereocenters. The van der Waals surface area contributed by atoms with Crippen LogP contribution >= 0.6 is 0 Å². The minimum absolute atomic E-state index is 0.178. The third kappa shape index (κ3) is 1.68. The Morgan fingerprint density at radius 3 is 2.90 bits per heavy atom. The van der Waals surface area contributed by atoms with Crippen molar-refractivity contribution in [1.82, 2.24) is 0 Å². The van der Waals surface area contributed by atoms with E-state index >= 15 is 0 Å². The highest BCUT2D eigenvalue weighted by Crippen LogP contribution is 2.14. The van der Waals surface area contributed by atoms with Crippen molar-refractivity contribution >= 4 is 0 Å². The minimum atomic E-state index is -0.362. The Balaban J connectivity index is 2.33. The van der Waals surface area contributed by atoms with E-state index in [4.69, 9.17) is 10.5 Å². The number of hydrogen-bond acceptors (Lipinski definition) is 3. The molecule has 3 heteroatoms. The molecule has 0 aromatic carbocycles. The first kappa shape index (κ1) is 7.98. The molecular formula is C7H15NO2. The van der Waals surface area contributed by atoms with Gasteiger partial charge in [-0.25, -0.2) is 0 Å². The van der Waals surface area contributed by atoms with E-state index in [9.17, 15) is 5.11 Å². The van der Waals surface area contributed by atoms with Crippen molar-refractivity contribution in [3.05, 3.63) is 0 Å². The second kappa shape index (κ2) is 3.32. The molecule has 0 unspecified atom stereocenters. The molecule has 10 heavy (non-hydrogen) atoms. The topological polar surface area (TPSA) is 55.5 Å². The Bertz CT molecular complexity index is 108. The lowest BCUT2D eigenvalue weighted by atomic mass is 10.0. The Hall–Kier alpha value is -0.120. The molecule has 1 fully saturated rings. The van der Waals surface area contributed by atoms with Gasteiger partial charge in [-0.3, -0.25) is 0 Å². The van der Waals surface area contributed by atoms with Gasteiger partial charge in [0.05, 0.1) is 24.9 Å². The molecule has 1 aliphatic rings. The average molecular weight is 145 g/mol. The molecule has 60 valence electrons. The van der Waals surface area contributed by atoms with Crippen LogP contribution in [0.2, 0.25) is 0 Å². The molecule has 1 heterocycles. The molecule has 0 aliphatic carbocycles. The van der Waals surface area contributed by atoms with Gasteiger partial charge < -0.3 is 15.6 Å². The van der Waals surface area contributed by atoms with Gasteiger partial charge >= 0.3 is 0 Å². The van der Waals surface area contributed by atoms with Crippen LogP contribution in [0.5, 0.6) is 0 Å². The maximum Gasteiger partial charge on any atom is 0.0738 e. The van der Waals surface area contributed by atoms with Gasteiger partial charge in [0.1, 0.15) is 0 Å². The first-order chi connectivity index (χ1) is 4.74. The fraction of sp³-hybridized carbons (Fsp3) is 1.00. The predicted octanol–water partition coefficient (Wildman–Crippen LogP) is -0.127. The van der Waals surface area contributed by atoms with Crippen molar-refractivity contribution in [2.45, 2.75) is 38.0 Å². The molecule has 1 rings (SSSR count). The van der Waals surface area contributed by atoms with E-state index in [1.54, 1.807) is 0 Å². The molecule has 0 saturated carbocycles. The third-order valence-corrected chi connectivity index (χ3v) is 1.98. The summed E-state index contributed by atoms with van der Waals surface area (Å²) in [6.07, 6.45) is 1.51. The second-order valence-electron chi connectivity index (χ2n) is 2.83. The fourth-order valence-corrected chi connectivity index (χ4v) is 1.15. The SMILES string of the molecule is CC[C@H]1C[C@H](O)[C@@H](N)CO1. The largest absolute Gasteiger partial charge is 0.391 e. The van der Waals surface area contributed by atoms with Crippen LogP contribution < -0.4 is 5.73 Å². The molecule has 1 aliphatic heterocycles. The third-order valence-electron chi connectivity index (χ3n) is 1.98. The van der Waals surface area contributed by atoms with Crippen LogP contribution in [0.25, 0.3) is 0 Å². The van der Waals surface area contributed by atoms with Gasteiger partial charge in [0.15, 0.2) is 0 Å². The lowest BCUT2D eigenvalue weighted by Gasteiger charge is -2.30. The molecule has 0 aromatic heterocycles. The van der Waals surface area contributed by atoms with Gasteiger partial charge in [-0.05, 0) is 6.42 Å². The summed E-state index contributed by atoms with van der Waals surface area (Å²) in [6, 6.07) is -0.178. The normalized spacial score (nSPS) is 41.7. The van der Waals surface area contributed by atoms with Crippen LogP contribution in [-0.4, -0.2) is 30.0 Å². The van der Waals surface area contributed by atoms with E-state index in [1.165, 1.54) is 0 Å². The van der Waals surface area contributed by atoms with Crippen molar-refractivity contribution in [3.63, 3.8) is 0 Å². The zero-order valence-corrected chi connectivity index (χ0v) is 6.29. The Morgan fingerprint density at radius 2 is 2.40 bits per heavy atom. The zero-order chi connectivity index (χ0) is 7.56. The van der Waals surface area contributed by atoms with Gasteiger partial charge in [-0.2, -0.15) is 0 Å². The molecule has 1 saturated heterocycles. The minimum Gasteiger partial charge on any atom is -0.391 e. The highest BCUT2D eigenvalue weighted by Gasteiger charge is 2.25. The maximum atomic E-state index is 9.27. The van der Waals surface area contributed by atoms with Crippen molar-refractivity contribution in [1.29, 1.82) is 0 Å². The summed E-state index contributed by atoms with van der Waals surface area (Å²) < 4.78 is 5.32. The summed E-state index contributed by atoms with van der Waals surface area (Å²) in [5, 5.41) is 9.27. The molecule has 0 amide bonds. The van der Waals surface area contributed by atoms with Gasteiger partial charge in [0.2, 0.25) is 0 Å². The van der Waals surface area contributed by atoms with E-state index in [2.05, 4.69) is 0 Å². The van der Waals surface area contributed by atoms with Crippen molar-refractivity contribution in [2.75, 3.05) is 6.61 Å². The van der Waals surface area contributed by atoms with E-state index in [1.807, 2.05) is 6.92 Å². The number of hydrogen-bond donors (Lipinski definition) is 2. The van der Waals surface area contributed by atoms with Crippen molar-refractivity contribution in [2.24, 2.45) is 5.73 Å². The maximum absolute atomic E-state index is 9.27. The molecule has 0 aromatic rings. The first-order valence-electron chi connectivity index (χ1n) is 3.79.